The van der Waals surface area contributed by atoms with Crippen LogP contribution in [0.15, 0.2) is 42.5 Å². The lowest BCUT2D eigenvalue weighted by Crippen LogP contribution is -2.30. The molecule has 30 heavy (non-hydrogen) atoms. The molecular weight excluding hydrogens is 385 g/mol. The lowest BCUT2D eigenvalue weighted by Gasteiger charge is -2.41. The van der Waals surface area contributed by atoms with E-state index < -0.39 is 23.2 Å². The maximum absolute atomic E-state index is 14.9. The van der Waals surface area contributed by atoms with Gasteiger partial charge in [-0.1, -0.05) is 24.3 Å². The van der Waals surface area contributed by atoms with Crippen LogP contribution in [0.1, 0.15) is 56.9 Å². The monoisotopic (exact) mass is 414 g/mol. The molecule has 4 unspecified atom stereocenters. The van der Waals surface area contributed by atoms with Crippen molar-refractivity contribution in [2.75, 3.05) is 7.11 Å². The highest BCUT2D eigenvalue weighted by atomic mass is 19.1. The molecule has 2 saturated carbocycles. The van der Waals surface area contributed by atoms with E-state index in [0.29, 0.717) is 5.92 Å². The minimum absolute atomic E-state index is 0.181. The van der Waals surface area contributed by atoms with Gasteiger partial charge in [-0.3, -0.25) is 0 Å². The first-order valence-electron chi connectivity index (χ1n) is 11.0. The largest absolute Gasteiger partial charge is 0.491 e. The van der Waals surface area contributed by atoms with Crippen molar-refractivity contribution in [3.8, 4) is 16.9 Å². The SMILES string of the molecule is C/C=C/C1CCC2CC(c3ccc(-c4cc(F)c(OC)c(F)c4)c(F)c3)CCC2C1. The van der Waals surface area contributed by atoms with Gasteiger partial charge in [-0.15, -0.1) is 0 Å². The summed E-state index contributed by atoms with van der Waals surface area (Å²) in [7, 11) is 1.21. The van der Waals surface area contributed by atoms with Gasteiger partial charge in [-0.2, -0.15) is 0 Å². The number of allylic oxidation sites excluding steroid dienone is 2. The minimum atomic E-state index is -0.831. The molecule has 2 aromatic carbocycles. The number of methoxy groups -OCH3 is 1. The average Bonchev–Trinajstić information content (AvgIpc) is 2.73. The first-order chi connectivity index (χ1) is 14.5. The van der Waals surface area contributed by atoms with Crippen molar-refractivity contribution in [2.24, 2.45) is 17.8 Å². The Balaban J connectivity index is 1.51. The summed E-state index contributed by atoms with van der Waals surface area (Å²) < 4.78 is 47.7. The fraction of sp³-hybridized carbons (Fsp3) is 0.462. The Morgan fingerprint density at radius 3 is 2.23 bits per heavy atom. The van der Waals surface area contributed by atoms with Gasteiger partial charge < -0.3 is 4.74 Å². The number of benzene rings is 2. The molecule has 1 nitrogen and oxygen atoms in total. The van der Waals surface area contributed by atoms with E-state index in [-0.39, 0.29) is 11.1 Å². The highest BCUT2D eigenvalue weighted by Gasteiger charge is 2.35. The first kappa shape index (κ1) is 21.0. The van der Waals surface area contributed by atoms with Gasteiger partial charge in [0.2, 0.25) is 0 Å². The van der Waals surface area contributed by atoms with Crippen LogP contribution in [0.5, 0.6) is 5.75 Å². The van der Waals surface area contributed by atoms with Gasteiger partial charge in [0, 0.05) is 5.56 Å². The summed E-state index contributed by atoms with van der Waals surface area (Å²) in [4.78, 5) is 0. The fourth-order valence-electron chi connectivity index (χ4n) is 5.60. The molecule has 0 aliphatic heterocycles. The molecule has 0 N–H and O–H groups in total. The number of hydrogen-bond donors (Lipinski definition) is 0. The molecule has 4 atom stereocenters. The van der Waals surface area contributed by atoms with Crippen LogP contribution in [-0.2, 0) is 0 Å². The summed E-state index contributed by atoms with van der Waals surface area (Å²) in [5, 5.41) is 0. The van der Waals surface area contributed by atoms with E-state index in [1.165, 1.54) is 32.8 Å². The van der Waals surface area contributed by atoms with E-state index in [4.69, 9.17) is 4.74 Å². The van der Waals surface area contributed by atoms with Crippen LogP contribution in [0, 0.1) is 35.2 Å². The quantitative estimate of drug-likeness (QED) is 0.467. The van der Waals surface area contributed by atoms with E-state index >= 15 is 0 Å². The first-order valence-corrected chi connectivity index (χ1v) is 11.0. The van der Waals surface area contributed by atoms with Crippen LogP contribution in [0.2, 0.25) is 0 Å². The van der Waals surface area contributed by atoms with E-state index in [1.54, 1.807) is 12.1 Å². The van der Waals surface area contributed by atoms with Crippen LogP contribution in [0.4, 0.5) is 13.2 Å². The molecule has 2 aliphatic rings. The van der Waals surface area contributed by atoms with Crippen LogP contribution >= 0.6 is 0 Å². The van der Waals surface area contributed by atoms with Gasteiger partial charge in [-0.25, -0.2) is 13.2 Å². The minimum Gasteiger partial charge on any atom is -0.491 e. The van der Waals surface area contributed by atoms with E-state index in [9.17, 15) is 13.2 Å². The maximum atomic E-state index is 14.9. The molecule has 0 saturated heterocycles. The second-order valence-electron chi connectivity index (χ2n) is 8.84. The van der Waals surface area contributed by atoms with Crippen LogP contribution in [-0.4, -0.2) is 7.11 Å². The Morgan fingerprint density at radius 1 is 0.867 bits per heavy atom. The number of hydrogen-bond acceptors (Lipinski definition) is 1. The summed E-state index contributed by atoms with van der Waals surface area (Å²) in [6, 6.07) is 7.38. The van der Waals surface area contributed by atoms with Crippen LogP contribution < -0.4 is 4.74 Å². The van der Waals surface area contributed by atoms with E-state index in [2.05, 4.69) is 19.1 Å². The second kappa shape index (κ2) is 8.87. The predicted molar refractivity (Wildman–Crippen MR) is 114 cm³/mol. The molecule has 4 rings (SSSR count). The molecule has 2 aliphatic carbocycles. The zero-order valence-corrected chi connectivity index (χ0v) is 17.6. The molecule has 0 heterocycles. The standard InChI is InChI=1S/C26H29F3O/c1-3-4-16-5-6-18-12-19(8-7-17(18)11-16)20-9-10-22(23(27)13-20)21-14-24(28)26(30-2)25(29)15-21/h3-4,9-10,13-19H,5-8,11-12H2,1-2H3/b4-3+. The van der Waals surface area contributed by atoms with Crippen molar-refractivity contribution in [1.82, 2.24) is 0 Å². The Bertz CT molecular complexity index is 913. The number of halogens is 3. The topological polar surface area (TPSA) is 9.23 Å². The zero-order valence-electron chi connectivity index (χ0n) is 17.6. The molecule has 160 valence electrons. The smallest absolute Gasteiger partial charge is 0.190 e. The fourth-order valence-corrected chi connectivity index (χ4v) is 5.60. The molecule has 0 amide bonds. The molecule has 0 aromatic heterocycles. The molecule has 0 bridgehead atoms. The zero-order chi connectivity index (χ0) is 21.3. The van der Waals surface area contributed by atoms with Gasteiger partial charge in [0.15, 0.2) is 17.4 Å². The summed E-state index contributed by atoms with van der Waals surface area (Å²) >= 11 is 0. The number of ether oxygens (including phenoxy) is 1. The highest BCUT2D eigenvalue weighted by molar-refractivity contribution is 5.66. The van der Waals surface area contributed by atoms with E-state index in [0.717, 1.165) is 48.3 Å². The summed E-state index contributed by atoms with van der Waals surface area (Å²) in [6.07, 6.45) is 11.7. The van der Waals surface area contributed by atoms with Crippen molar-refractivity contribution in [2.45, 2.75) is 51.4 Å². The summed E-state index contributed by atoms with van der Waals surface area (Å²) in [5.74, 6) is 0.0354. The van der Waals surface area contributed by atoms with Crippen molar-refractivity contribution >= 4 is 0 Å². The Labute approximate surface area is 177 Å². The third kappa shape index (κ3) is 4.14. The van der Waals surface area contributed by atoms with Crippen molar-refractivity contribution in [3.63, 3.8) is 0 Å². The second-order valence-corrected chi connectivity index (χ2v) is 8.84. The third-order valence-electron chi connectivity index (χ3n) is 7.10. The molecule has 0 radical (unpaired) electrons. The number of fused-ring (bicyclic) bond motifs is 1. The highest BCUT2D eigenvalue weighted by Crippen LogP contribution is 2.48. The summed E-state index contributed by atoms with van der Waals surface area (Å²) in [5.41, 5.74) is 1.39. The van der Waals surface area contributed by atoms with E-state index in [1.807, 2.05) is 6.07 Å². The number of rotatable bonds is 4. The van der Waals surface area contributed by atoms with Gasteiger partial charge >= 0.3 is 0 Å². The summed E-state index contributed by atoms with van der Waals surface area (Å²) in [6.45, 7) is 2.09. The van der Waals surface area contributed by atoms with Gasteiger partial charge in [0.05, 0.1) is 7.11 Å². The molecule has 4 heteroatoms. The third-order valence-corrected chi connectivity index (χ3v) is 7.10. The van der Waals surface area contributed by atoms with Gasteiger partial charge in [0.1, 0.15) is 5.82 Å². The lowest BCUT2D eigenvalue weighted by atomic mass is 9.64. The lowest BCUT2D eigenvalue weighted by molar-refractivity contribution is 0.133. The van der Waals surface area contributed by atoms with Crippen molar-refractivity contribution < 1.29 is 17.9 Å². The van der Waals surface area contributed by atoms with Gasteiger partial charge in [-0.05, 0) is 98.4 Å². The predicted octanol–water partition coefficient (Wildman–Crippen LogP) is 7.66. The molecule has 0 spiro atoms. The maximum Gasteiger partial charge on any atom is 0.190 e. The Kier molecular flexibility index (Phi) is 6.21. The molecular formula is C26H29F3O. The molecule has 2 fully saturated rings. The molecule has 2 aromatic rings. The van der Waals surface area contributed by atoms with Crippen molar-refractivity contribution in [1.29, 1.82) is 0 Å². The van der Waals surface area contributed by atoms with Crippen molar-refractivity contribution in [3.05, 3.63) is 65.5 Å². The van der Waals surface area contributed by atoms with Gasteiger partial charge in [0.25, 0.3) is 0 Å². The average molecular weight is 415 g/mol. The normalized spacial score (nSPS) is 26.6. The Hall–Kier alpha value is -2.23. The van der Waals surface area contributed by atoms with Crippen LogP contribution in [0.3, 0.4) is 0 Å². The van der Waals surface area contributed by atoms with Crippen LogP contribution in [0.25, 0.3) is 11.1 Å². The Morgan fingerprint density at radius 2 is 1.57 bits per heavy atom.